The Balaban J connectivity index is 1.70. The third-order valence-corrected chi connectivity index (χ3v) is 3.42. The molecule has 0 aliphatic carbocycles. The summed E-state index contributed by atoms with van der Waals surface area (Å²) in [6, 6.07) is 13.1. The molecule has 0 aromatic heterocycles. The van der Waals surface area contributed by atoms with Gasteiger partial charge >= 0.3 is 0 Å². The van der Waals surface area contributed by atoms with Crippen molar-refractivity contribution in [2.45, 2.75) is 19.3 Å². The Hall–Kier alpha value is -2.89. The van der Waals surface area contributed by atoms with Crippen LogP contribution >= 0.6 is 0 Å². The summed E-state index contributed by atoms with van der Waals surface area (Å²) in [4.78, 5) is 23.5. The lowest BCUT2D eigenvalue weighted by Crippen LogP contribution is -2.42. The minimum atomic E-state index is -0.362. The van der Waals surface area contributed by atoms with Gasteiger partial charge < -0.3 is 4.74 Å². The Morgan fingerprint density at radius 2 is 1.50 bits per heavy atom. The number of benzene rings is 2. The molecule has 2 amide bonds. The van der Waals surface area contributed by atoms with E-state index in [9.17, 15) is 14.0 Å². The van der Waals surface area contributed by atoms with Crippen molar-refractivity contribution in [2.24, 2.45) is 0 Å². The molecule has 0 aliphatic rings. The van der Waals surface area contributed by atoms with Crippen molar-refractivity contribution in [1.29, 1.82) is 0 Å². The number of nitrogens with one attached hydrogen (secondary N) is 2. The van der Waals surface area contributed by atoms with Gasteiger partial charge in [0.25, 0.3) is 0 Å². The lowest BCUT2D eigenvalue weighted by atomic mass is 10.1. The van der Waals surface area contributed by atoms with Crippen LogP contribution in [0.15, 0.2) is 48.5 Å². The molecule has 0 spiro atoms. The fourth-order valence-corrected chi connectivity index (χ4v) is 2.08. The number of rotatable bonds is 6. The molecule has 2 rings (SSSR count). The third kappa shape index (κ3) is 5.72. The van der Waals surface area contributed by atoms with Crippen molar-refractivity contribution in [3.63, 3.8) is 0 Å². The number of ether oxygens (including phenoxy) is 1. The van der Waals surface area contributed by atoms with E-state index in [4.69, 9.17) is 4.74 Å². The molecule has 5 nitrogen and oxygen atoms in total. The third-order valence-electron chi connectivity index (χ3n) is 3.42. The highest BCUT2D eigenvalue weighted by molar-refractivity contribution is 5.83. The van der Waals surface area contributed by atoms with Gasteiger partial charge in [-0.1, -0.05) is 24.3 Å². The molecule has 0 radical (unpaired) electrons. The molecule has 126 valence electrons. The van der Waals surface area contributed by atoms with E-state index in [2.05, 4.69) is 10.9 Å². The van der Waals surface area contributed by atoms with Gasteiger partial charge in [-0.05, 0) is 41.8 Å². The van der Waals surface area contributed by atoms with Gasteiger partial charge in [0.15, 0.2) is 0 Å². The number of hydrogen-bond acceptors (Lipinski definition) is 3. The highest BCUT2D eigenvalue weighted by atomic mass is 19.1. The van der Waals surface area contributed by atoms with Gasteiger partial charge in [0, 0.05) is 6.42 Å². The fraction of sp³-hybridized carbons (Fsp3) is 0.222. The Bertz CT molecular complexity index is 684. The van der Waals surface area contributed by atoms with Crippen LogP contribution in [0.5, 0.6) is 5.75 Å². The average molecular weight is 330 g/mol. The van der Waals surface area contributed by atoms with Crippen molar-refractivity contribution in [3.8, 4) is 5.75 Å². The Morgan fingerprint density at radius 3 is 2.12 bits per heavy atom. The Labute approximate surface area is 139 Å². The number of aryl methyl sites for hydroxylation is 1. The Morgan fingerprint density at radius 1 is 0.917 bits per heavy atom. The molecule has 0 atom stereocenters. The first-order valence-electron chi connectivity index (χ1n) is 7.52. The van der Waals surface area contributed by atoms with Crippen LogP contribution in [0.4, 0.5) is 4.39 Å². The van der Waals surface area contributed by atoms with Gasteiger partial charge in [-0.3, -0.25) is 20.4 Å². The molecule has 2 N–H and O–H groups in total. The van der Waals surface area contributed by atoms with E-state index in [1.165, 1.54) is 24.3 Å². The fourth-order valence-electron chi connectivity index (χ4n) is 2.08. The van der Waals surface area contributed by atoms with Gasteiger partial charge in [0.05, 0.1) is 13.5 Å². The first kappa shape index (κ1) is 17.5. The maximum Gasteiger partial charge on any atom is 0.242 e. The van der Waals surface area contributed by atoms with Gasteiger partial charge in [0.2, 0.25) is 11.8 Å². The summed E-state index contributed by atoms with van der Waals surface area (Å²) in [7, 11) is 1.59. The molecule has 0 unspecified atom stereocenters. The number of amides is 2. The number of hydrogen-bond donors (Lipinski definition) is 2. The van der Waals surface area contributed by atoms with E-state index < -0.39 is 0 Å². The quantitative estimate of drug-likeness (QED) is 0.798. The van der Waals surface area contributed by atoms with Crippen LogP contribution in [0, 0.1) is 5.82 Å². The van der Waals surface area contributed by atoms with Crippen LogP contribution in [0.3, 0.4) is 0 Å². The highest BCUT2D eigenvalue weighted by Crippen LogP contribution is 2.12. The summed E-state index contributed by atoms with van der Waals surface area (Å²) >= 11 is 0. The second-order valence-corrected chi connectivity index (χ2v) is 5.25. The largest absolute Gasteiger partial charge is 0.497 e. The zero-order chi connectivity index (χ0) is 17.4. The summed E-state index contributed by atoms with van der Waals surface area (Å²) in [6.45, 7) is 0. The van der Waals surface area contributed by atoms with Crippen molar-refractivity contribution < 1.29 is 18.7 Å². The molecular weight excluding hydrogens is 311 g/mol. The smallest absolute Gasteiger partial charge is 0.242 e. The minimum Gasteiger partial charge on any atom is -0.497 e. The summed E-state index contributed by atoms with van der Waals surface area (Å²) < 4.78 is 17.8. The van der Waals surface area contributed by atoms with E-state index in [0.29, 0.717) is 12.0 Å². The maximum atomic E-state index is 12.8. The summed E-state index contributed by atoms with van der Waals surface area (Å²) in [5.41, 5.74) is 6.39. The molecular formula is C18H19FN2O3. The number of methoxy groups -OCH3 is 1. The van der Waals surface area contributed by atoms with Gasteiger partial charge in [0.1, 0.15) is 11.6 Å². The Kier molecular flexibility index (Phi) is 6.31. The molecule has 2 aromatic rings. The maximum absolute atomic E-state index is 12.8. The zero-order valence-corrected chi connectivity index (χ0v) is 13.3. The van der Waals surface area contributed by atoms with Gasteiger partial charge in [-0.25, -0.2) is 4.39 Å². The van der Waals surface area contributed by atoms with Crippen molar-refractivity contribution >= 4 is 11.8 Å². The SMILES string of the molecule is COc1ccc(CCC(=O)NNC(=O)Cc2ccc(F)cc2)cc1. The standard InChI is InChI=1S/C18H19FN2O3/c1-24-16-9-4-13(5-10-16)6-11-17(22)20-21-18(23)12-14-2-7-15(19)8-3-14/h2-5,7-10H,6,11-12H2,1H3,(H,20,22)(H,21,23). The van der Waals surface area contributed by atoms with Crippen LogP contribution in [-0.4, -0.2) is 18.9 Å². The number of hydrazine groups is 1. The van der Waals surface area contributed by atoms with Crippen molar-refractivity contribution in [1.82, 2.24) is 10.9 Å². The summed E-state index contributed by atoms with van der Waals surface area (Å²) in [6.07, 6.45) is 0.881. The molecule has 24 heavy (non-hydrogen) atoms. The van der Waals surface area contributed by atoms with Gasteiger partial charge in [-0.15, -0.1) is 0 Å². The van der Waals surface area contributed by atoms with Gasteiger partial charge in [-0.2, -0.15) is 0 Å². The first-order valence-corrected chi connectivity index (χ1v) is 7.52. The first-order chi connectivity index (χ1) is 11.6. The summed E-state index contributed by atoms with van der Waals surface area (Å²) in [5.74, 6) is -0.236. The predicted octanol–water partition coefficient (Wildman–Crippen LogP) is 2.16. The molecule has 0 fully saturated rings. The van der Waals surface area contributed by atoms with E-state index in [1.807, 2.05) is 24.3 Å². The molecule has 0 aliphatic heterocycles. The predicted molar refractivity (Wildman–Crippen MR) is 87.7 cm³/mol. The highest BCUT2D eigenvalue weighted by Gasteiger charge is 2.06. The topological polar surface area (TPSA) is 67.4 Å². The average Bonchev–Trinajstić information content (AvgIpc) is 2.60. The van der Waals surface area contributed by atoms with E-state index >= 15 is 0 Å². The van der Waals surface area contributed by atoms with Crippen LogP contribution in [-0.2, 0) is 22.4 Å². The van der Waals surface area contributed by atoms with Crippen LogP contribution in [0.2, 0.25) is 0 Å². The lowest BCUT2D eigenvalue weighted by molar-refractivity contribution is -0.128. The summed E-state index contributed by atoms with van der Waals surface area (Å²) in [5, 5.41) is 0. The van der Waals surface area contributed by atoms with Crippen LogP contribution < -0.4 is 15.6 Å². The lowest BCUT2D eigenvalue weighted by Gasteiger charge is -2.08. The van der Waals surface area contributed by atoms with Crippen LogP contribution in [0.25, 0.3) is 0 Å². The molecule has 0 bridgehead atoms. The molecule has 2 aromatic carbocycles. The van der Waals surface area contributed by atoms with E-state index in [1.54, 1.807) is 7.11 Å². The second kappa shape index (κ2) is 8.67. The number of halogens is 1. The van der Waals surface area contributed by atoms with E-state index in [0.717, 1.165) is 11.3 Å². The minimum absolute atomic E-state index is 0.0685. The van der Waals surface area contributed by atoms with Crippen LogP contribution in [0.1, 0.15) is 17.5 Å². The molecule has 6 heteroatoms. The molecule has 0 saturated heterocycles. The number of carbonyl (C=O) groups is 2. The zero-order valence-electron chi connectivity index (χ0n) is 13.3. The molecule has 0 saturated carbocycles. The molecule has 0 heterocycles. The normalized spacial score (nSPS) is 10.1. The van der Waals surface area contributed by atoms with Crippen molar-refractivity contribution in [2.75, 3.05) is 7.11 Å². The van der Waals surface area contributed by atoms with Crippen molar-refractivity contribution in [3.05, 3.63) is 65.5 Å². The second-order valence-electron chi connectivity index (χ2n) is 5.25. The number of carbonyl (C=O) groups excluding carboxylic acids is 2. The van der Waals surface area contributed by atoms with E-state index in [-0.39, 0.29) is 30.5 Å². The monoisotopic (exact) mass is 330 g/mol.